The summed E-state index contributed by atoms with van der Waals surface area (Å²) in [4.78, 5) is 10.1. The molecule has 0 unspecified atom stereocenters. The molecule has 0 N–H and O–H groups in total. The topological polar surface area (TPSA) is 43.1 Å². The Morgan fingerprint density at radius 1 is 0.410 bits per heavy atom. The minimum absolute atomic E-state index is 0.608. The van der Waals surface area contributed by atoms with E-state index in [9.17, 15) is 0 Å². The van der Waals surface area contributed by atoms with Crippen molar-refractivity contribution in [1.29, 1.82) is 0 Å². The Bertz CT molecular complexity index is 2090. The number of benzene rings is 5. The highest BCUT2D eigenvalue weighted by Crippen LogP contribution is 2.31. The minimum atomic E-state index is 0.608. The van der Waals surface area contributed by atoms with Crippen molar-refractivity contribution in [3.63, 3.8) is 0 Å². The van der Waals surface area contributed by atoms with Gasteiger partial charge in [0.25, 0.3) is 0 Å². The number of rotatable bonds is 3. The number of pyridine rings is 1. The van der Waals surface area contributed by atoms with Gasteiger partial charge in [0.15, 0.2) is 5.82 Å². The number of para-hydroxylation sites is 1. The van der Waals surface area contributed by atoms with Crippen molar-refractivity contribution >= 4 is 38.0 Å². The standard InChI is InChI=1S/C35H22N4/c1-3-10-26-19-28(15-13-23(26)7-1)31-22-32(29-16-14-24-8-2-4-11-27(24)20-29)37-35(36-31)33-21-30-18-17-25-9-5-6-12-34(25)39(30)38-33/h1-22H. The van der Waals surface area contributed by atoms with Gasteiger partial charge in [0, 0.05) is 16.5 Å². The van der Waals surface area contributed by atoms with Crippen LogP contribution in [0.15, 0.2) is 133 Å². The maximum absolute atomic E-state index is 5.06. The highest BCUT2D eigenvalue weighted by atomic mass is 15.2. The SMILES string of the molecule is c1ccc2cc(-c3cc(-c4ccc5ccccc5c4)nc(-c4cc5ccc6ccccc6n5n4)n3)ccc2c1. The smallest absolute Gasteiger partial charge is 0.181 e. The minimum Gasteiger partial charge on any atom is -0.232 e. The van der Waals surface area contributed by atoms with Gasteiger partial charge in [0.1, 0.15) is 5.69 Å². The molecule has 0 spiro atoms. The second-order valence-electron chi connectivity index (χ2n) is 9.84. The predicted octanol–water partition coefficient (Wildman–Crippen LogP) is 8.58. The van der Waals surface area contributed by atoms with Crippen LogP contribution in [0.4, 0.5) is 0 Å². The Kier molecular flexibility index (Phi) is 4.79. The zero-order valence-corrected chi connectivity index (χ0v) is 21.0. The molecule has 0 aliphatic carbocycles. The first-order chi connectivity index (χ1) is 19.3. The van der Waals surface area contributed by atoms with Gasteiger partial charge in [-0.15, -0.1) is 0 Å². The molecule has 0 aliphatic heterocycles. The molecule has 39 heavy (non-hydrogen) atoms. The molecule has 0 fully saturated rings. The van der Waals surface area contributed by atoms with Crippen molar-refractivity contribution in [2.45, 2.75) is 0 Å². The Morgan fingerprint density at radius 2 is 0.949 bits per heavy atom. The summed E-state index contributed by atoms with van der Waals surface area (Å²) in [7, 11) is 0. The lowest BCUT2D eigenvalue weighted by Crippen LogP contribution is -1.97. The van der Waals surface area contributed by atoms with Crippen LogP contribution < -0.4 is 0 Å². The first kappa shape index (κ1) is 21.7. The van der Waals surface area contributed by atoms with Gasteiger partial charge in [-0.25, -0.2) is 14.5 Å². The molecule has 0 aliphatic rings. The Labute approximate surface area is 224 Å². The lowest BCUT2D eigenvalue weighted by atomic mass is 10.0. The summed E-state index contributed by atoms with van der Waals surface area (Å²) in [5, 5.41) is 10.9. The van der Waals surface area contributed by atoms with E-state index < -0.39 is 0 Å². The van der Waals surface area contributed by atoms with Crippen molar-refractivity contribution < 1.29 is 0 Å². The normalized spacial score (nSPS) is 11.6. The lowest BCUT2D eigenvalue weighted by Gasteiger charge is -2.10. The zero-order valence-electron chi connectivity index (χ0n) is 21.0. The largest absolute Gasteiger partial charge is 0.232 e. The molecule has 0 radical (unpaired) electrons. The molecule has 182 valence electrons. The van der Waals surface area contributed by atoms with Crippen molar-refractivity contribution in [3.8, 4) is 34.0 Å². The molecule has 0 amide bonds. The fraction of sp³-hybridized carbons (Fsp3) is 0. The third-order valence-electron chi connectivity index (χ3n) is 7.38. The van der Waals surface area contributed by atoms with Gasteiger partial charge < -0.3 is 0 Å². The van der Waals surface area contributed by atoms with E-state index in [-0.39, 0.29) is 0 Å². The summed E-state index contributed by atoms with van der Waals surface area (Å²) in [6, 6.07) is 46.4. The summed E-state index contributed by atoms with van der Waals surface area (Å²) in [6.45, 7) is 0. The first-order valence-corrected chi connectivity index (χ1v) is 13.0. The van der Waals surface area contributed by atoms with Crippen LogP contribution in [0.5, 0.6) is 0 Å². The third-order valence-corrected chi connectivity index (χ3v) is 7.38. The molecular weight excluding hydrogens is 476 g/mol. The zero-order chi connectivity index (χ0) is 25.8. The third kappa shape index (κ3) is 3.73. The molecule has 0 saturated heterocycles. The van der Waals surface area contributed by atoms with Crippen molar-refractivity contribution in [1.82, 2.24) is 19.6 Å². The first-order valence-electron chi connectivity index (χ1n) is 13.0. The van der Waals surface area contributed by atoms with Gasteiger partial charge in [0.2, 0.25) is 0 Å². The molecule has 0 bridgehead atoms. The Balaban J connectivity index is 1.36. The van der Waals surface area contributed by atoms with Crippen LogP contribution >= 0.6 is 0 Å². The van der Waals surface area contributed by atoms with Crippen molar-refractivity contribution in [3.05, 3.63) is 133 Å². The van der Waals surface area contributed by atoms with Crippen LogP contribution in [0, 0.1) is 0 Å². The van der Waals surface area contributed by atoms with Crippen LogP contribution in [-0.2, 0) is 0 Å². The Morgan fingerprint density at radius 3 is 1.59 bits per heavy atom. The quantitative estimate of drug-likeness (QED) is 0.245. The number of hydrogen-bond donors (Lipinski definition) is 0. The monoisotopic (exact) mass is 498 g/mol. The van der Waals surface area contributed by atoms with Crippen LogP contribution in [0.25, 0.3) is 72.0 Å². The Hall–Kier alpha value is -5.35. The number of nitrogens with zero attached hydrogens (tertiary/aromatic N) is 4. The number of hydrogen-bond acceptors (Lipinski definition) is 3. The van der Waals surface area contributed by atoms with Crippen molar-refractivity contribution in [2.24, 2.45) is 0 Å². The average molecular weight is 499 g/mol. The second kappa shape index (κ2) is 8.61. The van der Waals surface area contributed by atoms with E-state index in [0.717, 1.165) is 44.6 Å². The highest BCUT2D eigenvalue weighted by Gasteiger charge is 2.15. The average Bonchev–Trinajstić information content (AvgIpc) is 3.46. The summed E-state index contributed by atoms with van der Waals surface area (Å²) in [5.41, 5.74) is 6.65. The fourth-order valence-corrected chi connectivity index (χ4v) is 5.37. The summed E-state index contributed by atoms with van der Waals surface area (Å²) in [5.74, 6) is 0.608. The molecule has 5 aromatic carbocycles. The maximum Gasteiger partial charge on any atom is 0.181 e. The lowest BCUT2D eigenvalue weighted by molar-refractivity contribution is 0.995. The molecule has 3 aromatic heterocycles. The van der Waals surface area contributed by atoms with Gasteiger partial charge >= 0.3 is 0 Å². The molecule has 0 atom stereocenters. The van der Waals surface area contributed by atoms with Crippen LogP contribution in [-0.4, -0.2) is 19.6 Å². The van der Waals surface area contributed by atoms with E-state index in [1.807, 2.05) is 16.6 Å². The van der Waals surface area contributed by atoms with Gasteiger partial charge in [0.05, 0.1) is 22.4 Å². The van der Waals surface area contributed by atoms with E-state index >= 15 is 0 Å². The van der Waals surface area contributed by atoms with Gasteiger partial charge in [-0.2, -0.15) is 5.10 Å². The van der Waals surface area contributed by atoms with Crippen LogP contribution in [0.2, 0.25) is 0 Å². The van der Waals surface area contributed by atoms with Gasteiger partial charge in [-0.05, 0) is 57.9 Å². The van der Waals surface area contributed by atoms with E-state index in [2.05, 4.69) is 121 Å². The molecular formula is C35H22N4. The van der Waals surface area contributed by atoms with Crippen molar-refractivity contribution in [2.75, 3.05) is 0 Å². The van der Waals surface area contributed by atoms with Crippen LogP contribution in [0.1, 0.15) is 0 Å². The molecule has 3 heterocycles. The van der Waals surface area contributed by atoms with E-state index in [4.69, 9.17) is 15.1 Å². The van der Waals surface area contributed by atoms with E-state index in [0.29, 0.717) is 5.82 Å². The van der Waals surface area contributed by atoms with E-state index in [1.54, 1.807) is 0 Å². The summed E-state index contributed by atoms with van der Waals surface area (Å²) < 4.78 is 1.98. The second-order valence-corrected chi connectivity index (χ2v) is 9.84. The van der Waals surface area contributed by atoms with Gasteiger partial charge in [-0.3, -0.25) is 0 Å². The summed E-state index contributed by atoms with van der Waals surface area (Å²) in [6.07, 6.45) is 0. The molecule has 0 saturated carbocycles. The number of aromatic nitrogens is 4. The van der Waals surface area contributed by atoms with E-state index in [1.165, 1.54) is 21.5 Å². The molecule has 4 heteroatoms. The summed E-state index contributed by atoms with van der Waals surface area (Å²) >= 11 is 0. The maximum atomic E-state index is 5.06. The fourth-order valence-electron chi connectivity index (χ4n) is 5.37. The number of fused-ring (bicyclic) bond motifs is 5. The van der Waals surface area contributed by atoms with Gasteiger partial charge in [-0.1, -0.05) is 97.1 Å². The molecule has 8 rings (SSSR count). The highest BCUT2D eigenvalue weighted by molar-refractivity contribution is 5.89. The molecule has 4 nitrogen and oxygen atoms in total. The predicted molar refractivity (Wildman–Crippen MR) is 160 cm³/mol. The molecule has 8 aromatic rings. The van der Waals surface area contributed by atoms with Crippen LogP contribution in [0.3, 0.4) is 0 Å².